The van der Waals surface area contributed by atoms with Gasteiger partial charge < -0.3 is 104 Å². The lowest BCUT2D eigenvalue weighted by atomic mass is 9.46. The summed E-state index contributed by atoms with van der Waals surface area (Å²) in [6.07, 6.45) is -20.5. The Morgan fingerprint density at radius 1 is 0.597 bits per heavy atom. The maximum absolute atomic E-state index is 12.8. The first-order valence-corrected chi connectivity index (χ1v) is 26.7. The Morgan fingerprint density at radius 2 is 1.18 bits per heavy atom. The molecule has 11 N–H and O–H groups in total. The number of aliphatic hydroxyl groups excluding tert-OH is 10. The Balaban J connectivity index is 0.778. The molecule has 3 saturated carbocycles. The molecule has 21 heteroatoms. The number of hydrogen-bond donors (Lipinski definition) is 11. The molecule has 10 aliphatic rings. The van der Waals surface area contributed by atoms with E-state index in [1.165, 1.54) is 26.3 Å². The summed E-state index contributed by atoms with van der Waals surface area (Å²) in [7, 11) is 0. The van der Waals surface area contributed by atoms with Crippen molar-refractivity contribution >= 4 is 0 Å². The highest BCUT2D eigenvalue weighted by Crippen LogP contribution is 2.72. The van der Waals surface area contributed by atoms with Crippen molar-refractivity contribution in [3.63, 3.8) is 0 Å². The van der Waals surface area contributed by atoms with E-state index >= 15 is 0 Å². The maximum Gasteiger partial charge on any atom is 0.187 e. The molecular weight excluding hydrogens is 949 g/mol. The van der Waals surface area contributed by atoms with Crippen molar-refractivity contribution in [2.75, 3.05) is 13.2 Å². The zero-order chi connectivity index (χ0) is 51.7. The Bertz CT molecular complexity index is 1940. The molecule has 4 aliphatic carbocycles. The van der Waals surface area contributed by atoms with E-state index in [1.807, 2.05) is 0 Å². The van der Waals surface area contributed by atoms with Crippen molar-refractivity contribution < 1.29 is 104 Å². The van der Waals surface area contributed by atoms with E-state index in [9.17, 15) is 56.2 Å². The third-order valence-corrected chi connectivity index (χ3v) is 20.0. The normalized spacial score (nSPS) is 58.8. The van der Waals surface area contributed by atoms with E-state index in [2.05, 4.69) is 33.8 Å². The Kier molecular flexibility index (Phi) is 15.1. The summed E-state index contributed by atoms with van der Waals surface area (Å²) in [5.74, 6) is 0.627. The summed E-state index contributed by atoms with van der Waals surface area (Å²) < 4.78 is 61.3. The molecule has 6 saturated heterocycles. The monoisotopic (exact) mass is 1030 g/mol. The number of hydrogen-bond acceptors (Lipinski definition) is 21. The standard InChI is InChI=1S/C51H82O21/c1-20-10-15-50(63-19-20)24(5)51(62)31(72-50)17-29-27-9-8-25-16-26(11-13-48(25,6)28(27)12-14-49(29,51)7)67-47-43(35(56)33(54)30(18-52)68-47)71-46-40(61)37(58)42(23(4)66-46)70-45-39(60)36(57)41(22(3)65-45)69-44-38(59)34(55)32(53)21(2)64-44/h8,20-24,26-47,52-62H,9-19H2,1-7H3/t20?,21-,22-,23-,24+,26-,27+,28?,29-,30+,31?,32-,33+,34+,35-,36-,37-,38+,39+,40+,41-,42-,43+,44+,45+,46+,47+,48-,49-,50+,51+/m0/s1. The van der Waals surface area contributed by atoms with Gasteiger partial charge in [-0.2, -0.15) is 0 Å². The van der Waals surface area contributed by atoms with Crippen LogP contribution < -0.4 is 0 Å². The minimum absolute atomic E-state index is 0.120. The van der Waals surface area contributed by atoms with Gasteiger partial charge in [0.2, 0.25) is 0 Å². The van der Waals surface area contributed by atoms with Gasteiger partial charge in [0.05, 0.1) is 43.7 Å². The summed E-state index contributed by atoms with van der Waals surface area (Å²) in [5, 5.41) is 121. The van der Waals surface area contributed by atoms with E-state index < -0.39 is 147 Å². The minimum Gasteiger partial charge on any atom is -0.394 e. The second kappa shape index (κ2) is 20.0. The first-order chi connectivity index (χ1) is 34.0. The lowest BCUT2D eigenvalue weighted by molar-refractivity contribution is -0.388. The molecule has 6 aliphatic heterocycles. The lowest BCUT2D eigenvalue weighted by Gasteiger charge is -2.60. The Morgan fingerprint density at radius 3 is 1.78 bits per heavy atom. The van der Waals surface area contributed by atoms with Gasteiger partial charge in [-0.05, 0) is 101 Å². The number of allylic oxidation sites excluding steroid dienone is 1. The van der Waals surface area contributed by atoms with E-state index in [0.29, 0.717) is 37.2 Å². The second-order valence-electron chi connectivity index (χ2n) is 23.9. The highest BCUT2D eigenvalue weighted by Gasteiger charge is 2.76. The van der Waals surface area contributed by atoms with Crippen molar-refractivity contribution in [1.82, 2.24) is 0 Å². The van der Waals surface area contributed by atoms with E-state index in [0.717, 1.165) is 44.9 Å². The van der Waals surface area contributed by atoms with Crippen LogP contribution in [0, 0.1) is 40.4 Å². The van der Waals surface area contributed by atoms with E-state index in [4.69, 9.17) is 47.4 Å². The van der Waals surface area contributed by atoms with Crippen LogP contribution in [-0.4, -0.2) is 216 Å². The molecular formula is C51H82O21. The van der Waals surface area contributed by atoms with E-state index in [1.54, 1.807) is 0 Å². The molecule has 0 aromatic carbocycles. The van der Waals surface area contributed by atoms with Gasteiger partial charge in [-0.25, -0.2) is 0 Å². The number of ether oxygens (including phenoxy) is 10. The first kappa shape index (κ1) is 54.3. The molecule has 412 valence electrons. The van der Waals surface area contributed by atoms with Crippen LogP contribution in [0.2, 0.25) is 0 Å². The molecule has 21 nitrogen and oxygen atoms in total. The highest BCUT2D eigenvalue weighted by molar-refractivity contribution is 5.29. The van der Waals surface area contributed by atoms with Crippen LogP contribution in [0.4, 0.5) is 0 Å². The highest BCUT2D eigenvalue weighted by atomic mass is 16.8. The second-order valence-corrected chi connectivity index (χ2v) is 23.9. The van der Waals surface area contributed by atoms with Crippen molar-refractivity contribution in [3.05, 3.63) is 11.6 Å². The molecule has 9 fully saturated rings. The quantitative estimate of drug-likeness (QED) is 0.126. The van der Waals surface area contributed by atoms with Crippen LogP contribution in [0.5, 0.6) is 0 Å². The summed E-state index contributed by atoms with van der Waals surface area (Å²) >= 11 is 0. The molecule has 72 heavy (non-hydrogen) atoms. The van der Waals surface area contributed by atoms with Crippen molar-refractivity contribution in [3.8, 4) is 0 Å². The molecule has 0 bridgehead atoms. The van der Waals surface area contributed by atoms with Gasteiger partial charge in [-0.15, -0.1) is 0 Å². The van der Waals surface area contributed by atoms with Crippen LogP contribution >= 0.6 is 0 Å². The van der Waals surface area contributed by atoms with Crippen LogP contribution in [0.1, 0.15) is 106 Å². The van der Waals surface area contributed by atoms with Gasteiger partial charge in [0, 0.05) is 17.8 Å². The van der Waals surface area contributed by atoms with Gasteiger partial charge in [0.25, 0.3) is 0 Å². The molecule has 0 amide bonds. The summed E-state index contributed by atoms with van der Waals surface area (Å²) in [4.78, 5) is 0. The van der Waals surface area contributed by atoms with Gasteiger partial charge in [0.1, 0.15) is 85.0 Å². The molecule has 3 unspecified atom stereocenters. The third kappa shape index (κ3) is 8.63. The molecule has 0 aromatic heterocycles. The average Bonchev–Trinajstić information content (AvgIpc) is 3.71. The van der Waals surface area contributed by atoms with Crippen LogP contribution in [-0.2, 0) is 47.4 Å². The predicted molar refractivity (Wildman–Crippen MR) is 245 cm³/mol. The molecule has 31 atom stereocenters. The Labute approximate surface area is 420 Å². The SMILES string of the molecule is CC1CC[C@@]2(OC1)OC1C[C@H]3[C@@H]4CC=C5C[C@@H](O[C@@H]6O[C@H](CO)[C@@H](O)[C@H](O)[C@H]6O[C@H]6O[C@@H](C)[C@H](O[C@H]7O[C@@H](C)[C@H](O[C@H]8O[C@@H](C)[C@H](O)[C@@H](O)[C@H]8O)[C@@H](O)[C@H]7O)[C@@H](O)[C@H]6O)CC[C@]5(C)C4CC[C@]3(C)[C@@]1(O)[C@@H]2C. The summed E-state index contributed by atoms with van der Waals surface area (Å²) in [6.45, 7) is 13.5. The van der Waals surface area contributed by atoms with Crippen LogP contribution in [0.25, 0.3) is 0 Å². The maximum atomic E-state index is 12.8. The lowest BCUT2D eigenvalue weighted by Crippen LogP contribution is -2.66. The fourth-order valence-corrected chi connectivity index (χ4v) is 15.4. The summed E-state index contributed by atoms with van der Waals surface area (Å²) in [6, 6.07) is 0. The molecule has 0 aromatic rings. The van der Waals surface area contributed by atoms with E-state index in [-0.39, 0.29) is 28.8 Å². The molecule has 10 rings (SSSR count). The fourth-order valence-electron chi connectivity index (χ4n) is 15.4. The number of fused-ring (bicyclic) bond motifs is 7. The smallest absolute Gasteiger partial charge is 0.187 e. The third-order valence-electron chi connectivity index (χ3n) is 20.0. The average molecular weight is 1030 g/mol. The topological polar surface area (TPSA) is 315 Å². The molecule has 0 radical (unpaired) electrons. The minimum atomic E-state index is -1.84. The number of rotatable bonds is 9. The molecule has 6 heterocycles. The Hall–Kier alpha value is -1.10. The van der Waals surface area contributed by atoms with Gasteiger partial charge >= 0.3 is 0 Å². The van der Waals surface area contributed by atoms with Gasteiger partial charge in [0.15, 0.2) is 30.9 Å². The van der Waals surface area contributed by atoms with Crippen molar-refractivity contribution in [1.29, 1.82) is 0 Å². The largest absolute Gasteiger partial charge is 0.394 e. The number of aliphatic hydroxyl groups is 11. The van der Waals surface area contributed by atoms with Crippen LogP contribution in [0.15, 0.2) is 11.6 Å². The molecule has 1 spiro atoms. The van der Waals surface area contributed by atoms with Gasteiger partial charge in [-0.1, -0.05) is 39.3 Å². The predicted octanol–water partition coefficient (Wildman–Crippen LogP) is -0.792. The van der Waals surface area contributed by atoms with Gasteiger partial charge in [-0.3, -0.25) is 0 Å². The zero-order valence-corrected chi connectivity index (χ0v) is 42.4. The van der Waals surface area contributed by atoms with Crippen LogP contribution in [0.3, 0.4) is 0 Å². The van der Waals surface area contributed by atoms with Crippen molar-refractivity contribution in [2.24, 2.45) is 40.4 Å². The fraction of sp³-hybridized carbons (Fsp3) is 0.961. The van der Waals surface area contributed by atoms with Crippen molar-refractivity contribution in [2.45, 2.75) is 253 Å². The summed E-state index contributed by atoms with van der Waals surface area (Å²) in [5.41, 5.74) is -0.145. The first-order valence-electron chi connectivity index (χ1n) is 26.7. The zero-order valence-electron chi connectivity index (χ0n) is 42.4.